The van der Waals surface area contributed by atoms with Crippen molar-refractivity contribution >= 4 is 17.7 Å². The number of hydrogen-bond donors (Lipinski definition) is 1. The Labute approximate surface area is 199 Å². The van der Waals surface area contributed by atoms with Gasteiger partial charge >= 0.3 is 11.9 Å². The lowest BCUT2D eigenvalue weighted by Gasteiger charge is -2.38. The number of rotatable bonds is 8. The van der Waals surface area contributed by atoms with Crippen molar-refractivity contribution in [1.82, 2.24) is 5.32 Å². The predicted molar refractivity (Wildman–Crippen MR) is 122 cm³/mol. The molecule has 34 heavy (non-hydrogen) atoms. The monoisotopic (exact) mass is 473 g/mol. The first kappa shape index (κ1) is 25.3. The molecule has 3 atom stereocenters. The van der Waals surface area contributed by atoms with Crippen LogP contribution in [-0.2, 0) is 28.6 Å². The zero-order valence-electron chi connectivity index (χ0n) is 20.4. The minimum absolute atomic E-state index is 0.0513. The normalized spacial score (nSPS) is 22.1. The molecule has 0 fully saturated rings. The number of Topliss-reactive ketones (excluding diaryl/α,β-unsaturated/α-hetero) is 1. The summed E-state index contributed by atoms with van der Waals surface area (Å²) in [6, 6.07) is 5.26. The Kier molecular flexibility index (Phi) is 7.98. The molecule has 1 aliphatic heterocycles. The third-order valence-corrected chi connectivity index (χ3v) is 6.23. The van der Waals surface area contributed by atoms with Gasteiger partial charge in [-0.15, -0.1) is 0 Å². The molecule has 1 heterocycles. The van der Waals surface area contributed by atoms with Crippen LogP contribution in [0.15, 0.2) is 40.7 Å². The molecule has 0 amide bonds. The third-order valence-electron chi connectivity index (χ3n) is 6.23. The van der Waals surface area contributed by atoms with Crippen molar-refractivity contribution < 1.29 is 38.1 Å². The molecule has 0 bridgehead atoms. The highest BCUT2D eigenvalue weighted by atomic mass is 16.6. The van der Waals surface area contributed by atoms with Crippen LogP contribution in [0.5, 0.6) is 11.5 Å². The molecule has 0 saturated carbocycles. The summed E-state index contributed by atoms with van der Waals surface area (Å²) < 4.78 is 26.5. The summed E-state index contributed by atoms with van der Waals surface area (Å²) >= 11 is 0. The van der Waals surface area contributed by atoms with Crippen LogP contribution in [0.1, 0.15) is 31.7 Å². The fourth-order valence-corrected chi connectivity index (χ4v) is 4.70. The Balaban J connectivity index is 2.22. The molecule has 2 aliphatic rings. The lowest BCUT2D eigenvalue weighted by atomic mass is 9.69. The van der Waals surface area contributed by atoms with Gasteiger partial charge in [0.15, 0.2) is 17.3 Å². The summed E-state index contributed by atoms with van der Waals surface area (Å²) in [5, 5.41) is 3.23. The number of carbonyl (C=O) groups excluding carboxylic acids is 3. The first-order valence-electron chi connectivity index (χ1n) is 11.0. The molecule has 1 aliphatic carbocycles. The van der Waals surface area contributed by atoms with E-state index in [2.05, 4.69) is 5.32 Å². The molecule has 0 radical (unpaired) electrons. The quantitative estimate of drug-likeness (QED) is 0.346. The Morgan fingerprint density at radius 1 is 1.09 bits per heavy atom. The van der Waals surface area contributed by atoms with Crippen molar-refractivity contribution in [3.05, 3.63) is 46.3 Å². The maximum atomic E-state index is 13.8. The van der Waals surface area contributed by atoms with Gasteiger partial charge in [-0.1, -0.05) is 19.1 Å². The molecule has 3 rings (SSSR count). The van der Waals surface area contributed by atoms with Gasteiger partial charge in [0.05, 0.1) is 39.4 Å². The molecule has 1 aromatic rings. The minimum atomic E-state index is -0.978. The van der Waals surface area contributed by atoms with Crippen LogP contribution in [0.2, 0.25) is 0 Å². The maximum Gasteiger partial charge on any atom is 0.336 e. The minimum Gasteiger partial charge on any atom is -0.493 e. The fraction of sp³-hybridized carbons (Fsp3) is 0.480. The van der Waals surface area contributed by atoms with Gasteiger partial charge in [-0.2, -0.15) is 0 Å². The summed E-state index contributed by atoms with van der Waals surface area (Å²) in [6.07, 6.45) is 0.437. The van der Waals surface area contributed by atoms with Crippen molar-refractivity contribution in [2.45, 2.75) is 26.2 Å². The Morgan fingerprint density at radius 2 is 1.82 bits per heavy atom. The summed E-state index contributed by atoms with van der Waals surface area (Å²) in [7, 11) is 5.77. The van der Waals surface area contributed by atoms with E-state index in [1.165, 1.54) is 28.4 Å². The first-order chi connectivity index (χ1) is 16.3. The number of carbonyl (C=O) groups is 3. The van der Waals surface area contributed by atoms with E-state index in [0.29, 0.717) is 40.5 Å². The molecule has 0 saturated heterocycles. The highest BCUT2D eigenvalue weighted by Gasteiger charge is 2.48. The summed E-state index contributed by atoms with van der Waals surface area (Å²) in [5.41, 5.74) is 2.36. The molecule has 1 N–H and O–H groups in total. The second-order valence-electron chi connectivity index (χ2n) is 8.25. The number of esters is 2. The van der Waals surface area contributed by atoms with Gasteiger partial charge in [0.1, 0.15) is 12.5 Å². The van der Waals surface area contributed by atoms with Crippen LogP contribution >= 0.6 is 0 Å². The van der Waals surface area contributed by atoms with E-state index in [1.54, 1.807) is 25.1 Å². The average Bonchev–Trinajstić information content (AvgIpc) is 2.82. The number of allylic oxidation sites excluding steroid dienone is 3. The summed E-state index contributed by atoms with van der Waals surface area (Å²) in [5.74, 6) is -2.83. The molecule has 0 spiro atoms. The topological polar surface area (TPSA) is 109 Å². The zero-order valence-corrected chi connectivity index (χ0v) is 20.4. The molecule has 0 unspecified atom stereocenters. The number of para-hydroxylation sites is 1. The van der Waals surface area contributed by atoms with E-state index in [-0.39, 0.29) is 24.7 Å². The smallest absolute Gasteiger partial charge is 0.336 e. The molecule has 1 aromatic carbocycles. The van der Waals surface area contributed by atoms with Crippen LogP contribution < -0.4 is 14.8 Å². The number of nitrogens with one attached hydrogen (secondary N) is 1. The van der Waals surface area contributed by atoms with Gasteiger partial charge < -0.3 is 29.0 Å². The van der Waals surface area contributed by atoms with Crippen LogP contribution in [0.3, 0.4) is 0 Å². The highest BCUT2D eigenvalue weighted by Crippen LogP contribution is 2.49. The number of hydrogen-bond acceptors (Lipinski definition) is 9. The molecule has 9 heteroatoms. The molecule has 184 valence electrons. The van der Waals surface area contributed by atoms with E-state index in [4.69, 9.17) is 23.7 Å². The van der Waals surface area contributed by atoms with E-state index in [0.717, 1.165) is 0 Å². The van der Waals surface area contributed by atoms with Crippen LogP contribution in [0, 0.1) is 11.8 Å². The Bertz CT molecular complexity index is 1040. The Morgan fingerprint density at radius 3 is 2.44 bits per heavy atom. The van der Waals surface area contributed by atoms with Gasteiger partial charge in [0.25, 0.3) is 0 Å². The van der Waals surface area contributed by atoms with Crippen molar-refractivity contribution in [2.75, 3.05) is 41.7 Å². The second-order valence-corrected chi connectivity index (χ2v) is 8.25. The highest BCUT2D eigenvalue weighted by molar-refractivity contribution is 6.12. The van der Waals surface area contributed by atoms with Gasteiger partial charge in [0.2, 0.25) is 0 Å². The fourth-order valence-electron chi connectivity index (χ4n) is 4.70. The number of ether oxygens (including phenoxy) is 5. The third kappa shape index (κ3) is 4.52. The van der Waals surface area contributed by atoms with E-state index in [1.807, 2.05) is 6.92 Å². The number of methoxy groups -OCH3 is 4. The first-order valence-corrected chi connectivity index (χ1v) is 11.0. The molecule has 0 aromatic heterocycles. The van der Waals surface area contributed by atoms with Crippen molar-refractivity contribution in [3.63, 3.8) is 0 Å². The molecule has 9 nitrogen and oxygen atoms in total. The lowest BCUT2D eigenvalue weighted by molar-refractivity contribution is -0.151. The van der Waals surface area contributed by atoms with Crippen molar-refractivity contribution in [2.24, 2.45) is 11.8 Å². The zero-order chi connectivity index (χ0) is 25.0. The average molecular weight is 474 g/mol. The standard InChI is InChI=1S/C25H31NO8/c1-13-12-16-21(22(27)18(13)24(28)33-6)20(15-8-7-9-17(31-4)23(15)32-5)19(14(2)26-16)25(29)34-11-10-30-3/h7-9,13,18,20,26H,10-12H2,1-6H3/t13-,18+,20+/m0/s1. The second kappa shape index (κ2) is 10.7. The van der Waals surface area contributed by atoms with Crippen LogP contribution in [-0.4, -0.2) is 59.4 Å². The van der Waals surface area contributed by atoms with E-state index >= 15 is 0 Å². The van der Waals surface area contributed by atoms with Gasteiger partial charge in [-0.05, 0) is 25.3 Å². The number of dihydropyridines is 1. The van der Waals surface area contributed by atoms with Crippen molar-refractivity contribution in [1.29, 1.82) is 0 Å². The van der Waals surface area contributed by atoms with Gasteiger partial charge in [0, 0.05) is 29.6 Å². The van der Waals surface area contributed by atoms with Gasteiger partial charge in [-0.3, -0.25) is 9.59 Å². The molecular weight excluding hydrogens is 442 g/mol. The van der Waals surface area contributed by atoms with Gasteiger partial charge in [-0.25, -0.2) is 4.79 Å². The lowest BCUT2D eigenvalue weighted by Crippen LogP contribution is -2.43. The van der Waals surface area contributed by atoms with Crippen LogP contribution in [0.4, 0.5) is 0 Å². The van der Waals surface area contributed by atoms with E-state index < -0.39 is 29.6 Å². The SMILES string of the molecule is COCCOC(=O)C1=C(C)NC2=C(C(=O)[C@H](C(=O)OC)[C@@H](C)C2)[C@@H]1c1cccc(OC)c1OC. The maximum absolute atomic E-state index is 13.8. The van der Waals surface area contributed by atoms with Crippen molar-refractivity contribution in [3.8, 4) is 11.5 Å². The summed E-state index contributed by atoms with van der Waals surface area (Å²) in [4.78, 5) is 39.6. The Hall–Kier alpha value is -3.33. The summed E-state index contributed by atoms with van der Waals surface area (Å²) in [6.45, 7) is 3.88. The number of ketones is 1. The largest absolute Gasteiger partial charge is 0.493 e. The predicted octanol–water partition coefficient (Wildman–Crippen LogP) is 2.51. The number of benzene rings is 1. The molecular formula is C25H31NO8. The van der Waals surface area contributed by atoms with E-state index in [9.17, 15) is 14.4 Å². The van der Waals surface area contributed by atoms with Crippen LogP contribution in [0.25, 0.3) is 0 Å².